The van der Waals surface area contributed by atoms with Crippen LogP contribution < -0.4 is 5.32 Å². The fourth-order valence-electron chi connectivity index (χ4n) is 3.81. The maximum atomic E-state index is 5.64. The van der Waals surface area contributed by atoms with Crippen molar-refractivity contribution in [2.45, 2.75) is 51.0 Å². The molecule has 1 spiro atoms. The molecule has 1 aromatic rings. The highest BCUT2D eigenvalue weighted by molar-refractivity contribution is 5.31. The van der Waals surface area contributed by atoms with Gasteiger partial charge in [0.1, 0.15) is 5.76 Å². The van der Waals surface area contributed by atoms with Crippen molar-refractivity contribution in [3.63, 3.8) is 0 Å². The molecule has 2 nitrogen and oxygen atoms in total. The third-order valence-electron chi connectivity index (χ3n) is 4.58. The summed E-state index contributed by atoms with van der Waals surface area (Å²) < 4.78 is 5.64. The largest absolute Gasteiger partial charge is 0.469 e. The van der Waals surface area contributed by atoms with E-state index in [1.807, 2.05) is 6.26 Å². The second-order valence-electron chi connectivity index (χ2n) is 5.26. The van der Waals surface area contributed by atoms with Crippen molar-refractivity contribution in [1.82, 2.24) is 5.32 Å². The Morgan fingerprint density at radius 1 is 1.50 bits per heavy atom. The van der Waals surface area contributed by atoms with Gasteiger partial charge in [0, 0.05) is 24.1 Å². The van der Waals surface area contributed by atoms with E-state index >= 15 is 0 Å². The second kappa shape index (κ2) is 3.92. The molecule has 1 aliphatic heterocycles. The van der Waals surface area contributed by atoms with Crippen LogP contribution in [0.25, 0.3) is 0 Å². The molecule has 0 saturated heterocycles. The monoisotopic (exact) mass is 219 g/mol. The summed E-state index contributed by atoms with van der Waals surface area (Å²) in [6.07, 6.45) is 9.62. The molecule has 1 aliphatic carbocycles. The van der Waals surface area contributed by atoms with Crippen molar-refractivity contribution in [2.75, 3.05) is 6.54 Å². The quantitative estimate of drug-likeness (QED) is 0.784. The first kappa shape index (κ1) is 10.4. The molecular formula is C14H21NO. The predicted octanol–water partition coefficient (Wildman–Crippen LogP) is 3.22. The molecule has 88 valence electrons. The van der Waals surface area contributed by atoms with Gasteiger partial charge in [-0.3, -0.25) is 0 Å². The minimum atomic E-state index is 0.244. The van der Waals surface area contributed by atoms with Gasteiger partial charge < -0.3 is 9.73 Å². The molecule has 1 N–H and O–H groups in total. The van der Waals surface area contributed by atoms with Crippen LogP contribution in [0, 0.1) is 5.92 Å². The van der Waals surface area contributed by atoms with Gasteiger partial charge in [-0.15, -0.1) is 0 Å². The first-order valence-electron chi connectivity index (χ1n) is 6.68. The standard InChI is InChI=1S/C14H21NO/c1-2-11-5-3-4-8-14(11)12-7-10-16-13(12)6-9-15-14/h7,10-11,15H,2-6,8-9H2,1H3. The lowest BCUT2D eigenvalue weighted by Crippen LogP contribution is -2.53. The highest BCUT2D eigenvalue weighted by atomic mass is 16.3. The molecule has 1 saturated carbocycles. The van der Waals surface area contributed by atoms with Gasteiger partial charge in [-0.2, -0.15) is 0 Å². The van der Waals surface area contributed by atoms with Crippen LogP contribution in [-0.4, -0.2) is 6.54 Å². The number of rotatable bonds is 1. The Bertz CT molecular complexity index is 371. The van der Waals surface area contributed by atoms with Crippen LogP contribution in [0.5, 0.6) is 0 Å². The van der Waals surface area contributed by atoms with Crippen molar-refractivity contribution in [1.29, 1.82) is 0 Å². The summed E-state index contributed by atoms with van der Waals surface area (Å²) >= 11 is 0. The minimum absolute atomic E-state index is 0.244. The van der Waals surface area contributed by atoms with E-state index in [0.717, 1.165) is 18.9 Å². The van der Waals surface area contributed by atoms with Gasteiger partial charge in [-0.05, 0) is 24.8 Å². The van der Waals surface area contributed by atoms with E-state index in [-0.39, 0.29) is 5.54 Å². The molecule has 3 rings (SSSR count). The lowest BCUT2D eigenvalue weighted by molar-refractivity contribution is 0.124. The zero-order valence-electron chi connectivity index (χ0n) is 10.1. The Morgan fingerprint density at radius 2 is 2.44 bits per heavy atom. The Morgan fingerprint density at radius 3 is 3.31 bits per heavy atom. The molecule has 2 atom stereocenters. The van der Waals surface area contributed by atoms with Crippen molar-refractivity contribution in [3.8, 4) is 0 Å². The summed E-state index contributed by atoms with van der Waals surface area (Å²) in [5.41, 5.74) is 1.71. The molecule has 0 aromatic carbocycles. The van der Waals surface area contributed by atoms with Crippen molar-refractivity contribution < 1.29 is 4.42 Å². The smallest absolute Gasteiger partial charge is 0.110 e. The summed E-state index contributed by atoms with van der Waals surface area (Å²) in [7, 11) is 0. The zero-order chi connectivity index (χ0) is 11.0. The van der Waals surface area contributed by atoms with Crippen LogP contribution in [0.2, 0.25) is 0 Å². The fourth-order valence-corrected chi connectivity index (χ4v) is 3.81. The first-order chi connectivity index (χ1) is 7.87. The van der Waals surface area contributed by atoms with Gasteiger partial charge in [0.05, 0.1) is 6.26 Å². The van der Waals surface area contributed by atoms with Crippen LogP contribution in [0.1, 0.15) is 50.4 Å². The lowest BCUT2D eigenvalue weighted by Gasteiger charge is -2.47. The molecular weight excluding hydrogens is 198 g/mol. The average molecular weight is 219 g/mol. The van der Waals surface area contributed by atoms with Crippen LogP contribution in [-0.2, 0) is 12.0 Å². The maximum Gasteiger partial charge on any atom is 0.110 e. The van der Waals surface area contributed by atoms with Gasteiger partial charge in [0.2, 0.25) is 0 Å². The number of nitrogens with one attached hydrogen (secondary N) is 1. The average Bonchev–Trinajstić information content (AvgIpc) is 2.80. The van der Waals surface area contributed by atoms with E-state index in [4.69, 9.17) is 4.42 Å². The van der Waals surface area contributed by atoms with Gasteiger partial charge in [-0.25, -0.2) is 0 Å². The topological polar surface area (TPSA) is 25.2 Å². The number of hydrogen-bond acceptors (Lipinski definition) is 2. The van der Waals surface area contributed by atoms with E-state index in [1.54, 1.807) is 0 Å². The fraction of sp³-hybridized carbons (Fsp3) is 0.714. The van der Waals surface area contributed by atoms with E-state index in [2.05, 4.69) is 18.3 Å². The Hall–Kier alpha value is -0.760. The molecule has 2 unspecified atom stereocenters. The van der Waals surface area contributed by atoms with E-state index in [9.17, 15) is 0 Å². The highest BCUT2D eigenvalue weighted by Crippen LogP contribution is 2.46. The number of fused-ring (bicyclic) bond motifs is 2. The molecule has 0 amide bonds. The van der Waals surface area contributed by atoms with E-state index in [0.29, 0.717) is 0 Å². The normalized spacial score (nSPS) is 33.9. The van der Waals surface area contributed by atoms with Crippen molar-refractivity contribution >= 4 is 0 Å². The van der Waals surface area contributed by atoms with E-state index < -0.39 is 0 Å². The Kier molecular flexibility index (Phi) is 2.55. The SMILES string of the molecule is CCC1CCCCC12NCCc1occc12. The zero-order valence-corrected chi connectivity index (χ0v) is 10.1. The first-order valence-corrected chi connectivity index (χ1v) is 6.68. The number of hydrogen-bond donors (Lipinski definition) is 1. The molecule has 2 heteroatoms. The summed E-state index contributed by atoms with van der Waals surface area (Å²) in [5.74, 6) is 2.02. The lowest BCUT2D eigenvalue weighted by atomic mass is 9.66. The molecule has 1 aromatic heterocycles. The molecule has 16 heavy (non-hydrogen) atoms. The van der Waals surface area contributed by atoms with Crippen LogP contribution in [0.15, 0.2) is 16.7 Å². The summed E-state index contributed by atoms with van der Waals surface area (Å²) in [6.45, 7) is 3.41. The molecule has 0 bridgehead atoms. The predicted molar refractivity (Wildman–Crippen MR) is 64.3 cm³/mol. The summed E-state index contributed by atoms with van der Waals surface area (Å²) in [5, 5.41) is 3.82. The van der Waals surface area contributed by atoms with Crippen LogP contribution in [0.4, 0.5) is 0 Å². The maximum absolute atomic E-state index is 5.64. The van der Waals surface area contributed by atoms with Gasteiger partial charge in [0.15, 0.2) is 0 Å². The third kappa shape index (κ3) is 1.36. The van der Waals surface area contributed by atoms with Gasteiger partial charge in [0.25, 0.3) is 0 Å². The van der Waals surface area contributed by atoms with Crippen molar-refractivity contribution in [2.24, 2.45) is 5.92 Å². The Balaban J connectivity index is 2.04. The summed E-state index contributed by atoms with van der Waals surface area (Å²) in [6, 6.07) is 2.20. The summed E-state index contributed by atoms with van der Waals surface area (Å²) in [4.78, 5) is 0. The molecule has 1 fully saturated rings. The molecule has 2 aliphatic rings. The minimum Gasteiger partial charge on any atom is -0.469 e. The highest BCUT2D eigenvalue weighted by Gasteiger charge is 2.44. The molecule has 2 heterocycles. The Labute approximate surface area is 97.4 Å². The van der Waals surface area contributed by atoms with Crippen LogP contribution in [0.3, 0.4) is 0 Å². The van der Waals surface area contributed by atoms with Gasteiger partial charge in [-0.1, -0.05) is 26.2 Å². The number of furan rings is 1. The van der Waals surface area contributed by atoms with Crippen molar-refractivity contribution in [3.05, 3.63) is 23.7 Å². The van der Waals surface area contributed by atoms with Gasteiger partial charge >= 0.3 is 0 Å². The van der Waals surface area contributed by atoms with E-state index in [1.165, 1.54) is 43.4 Å². The van der Waals surface area contributed by atoms with Crippen LogP contribution >= 0.6 is 0 Å². The molecule has 0 radical (unpaired) electrons. The second-order valence-corrected chi connectivity index (χ2v) is 5.26. The third-order valence-corrected chi connectivity index (χ3v) is 4.58.